The highest BCUT2D eigenvalue weighted by molar-refractivity contribution is 6.07. The van der Waals surface area contributed by atoms with Crippen molar-refractivity contribution in [1.29, 1.82) is 0 Å². The van der Waals surface area contributed by atoms with Gasteiger partial charge < -0.3 is 9.80 Å². The maximum absolute atomic E-state index is 12.9. The van der Waals surface area contributed by atoms with Crippen LogP contribution in [-0.2, 0) is 4.79 Å². The van der Waals surface area contributed by atoms with Gasteiger partial charge in [-0.25, -0.2) is 14.8 Å². The molecule has 7 heteroatoms. The fourth-order valence-electron chi connectivity index (χ4n) is 4.50. The number of carbonyl (C=O) groups excluding carboxylic acids is 2. The third-order valence-electron chi connectivity index (χ3n) is 5.86. The fourth-order valence-corrected chi connectivity index (χ4v) is 4.50. The molecule has 0 saturated carbocycles. The Morgan fingerprint density at radius 2 is 1.84 bits per heavy atom. The Kier molecular flexibility index (Phi) is 3.70. The molecule has 7 nitrogen and oxygen atoms in total. The number of piperidine rings is 1. The van der Waals surface area contributed by atoms with E-state index < -0.39 is 5.54 Å². The van der Waals surface area contributed by atoms with Crippen molar-refractivity contribution in [1.82, 2.24) is 19.8 Å². The van der Waals surface area contributed by atoms with Crippen molar-refractivity contribution < 1.29 is 9.59 Å². The molecule has 0 aromatic carbocycles. The number of hydrogen-bond acceptors (Lipinski definition) is 5. The second kappa shape index (κ2) is 5.68. The predicted octanol–water partition coefficient (Wildman–Crippen LogP) is 1.88. The van der Waals surface area contributed by atoms with E-state index in [1.165, 1.54) is 0 Å². The molecule has 1 aromatic rings. The van der Waals surface area contributed by atoms with Gasteiger partial charge in [0.1, 0.15) is 17.2 Å². The molecule has 0 spiro atoms. The molecule has 0 radical (unpaired) electrons. The van der Waals surface area contributed by atoms with Gasteiger partial charge in [-0.2, -0.15) is 0 Å². The van der Waals surface area contributed by atoms with E-state index in [1.54, 1.807) is 9.80 Å². The van der Waals surface area contributed by atoms with Crippen LogP contribution >= 0.6 is 0 Å². The van der Waals surface area contributed by atoms with E-state index in [0.717, 1.165) is 56.1 Å². The number of nitrogens with zero attached hydrogens (tertiary/aromatic N) is 5. The molecule has 3 amide bonds. The van der Waals surface area contributed by atoms with Gasteiger partial charge in [-0.1, -0.05) is 0 Å². The fraction of sp³-hybridized carbons (Fsp3) is 0.667. The molecule has 1 aromatic heterocycles. The molecule has 0 aliphatic carbocycles. The Hall–Kier alpha value is -2.18. The molecule has 0 bridgehead atoms. The van der Waals surface area contributed by atoms with Gasteiger partial charge in [0.25, 0.3) is 5.91 Å². The van der Waals surface area contributed by atoms with E-state index in [-0.39, 0.29) is 18.0 Å². The van der Waals surface area contributed by atoms with Crippen LogP contribution in [0.15, 0.2) is 6.07 Å². The first kappa shape index (κ1) is 16.3. The van der Waals surface area contributed by atoms with Crippen LogP contribution in [0.4, 0.5) is 10.6 Å². The molecule has 3 fully saturated rings. The van der Waals surface area contributed by atoms with Crippen LogP contribution in [0.2, 0.25) is 0 Å². The van der Waals surface area contributed by atoms with Crippen molar-refractivity contribution in [2.75, 3.05) is 24.5 Å². The van der Waals surface area contributed by atoms with Gasteiger partial charge >= 0.3 is 6.03 Å². The summed E-state index contributed by atoms with van der Waals surface area (Å²) in [5.74, 6) is 1.72. The maximum atomic E-state index is 12.9. The van der Waals surface area contributed by atoms with Crippen LogP contribution < -0.4 is 4.90 Å². The van der Waals surface area contributed by atoms with Gasteiger partial charge in [-0.15, -0.1) is 0 Å². The van der Waals surface area contributed by atoms with Crippen LogP contribution in [0.3, 0.4) is 0 Å². The van der Waals surface area contributed by atoms with Crippen molar-refractivity contribution in [2.45, 2.75) is 58.0 Å². The highest BCUT2D eigenvalue weighted by atomic mass is 16.2. The van der Waals surface area contributed by atoms with E-state index >= 15 is 0 Å². The third-order valence-corrected chi connectivity index (χ3v) is 5.86. The minimum absolute atomic E-state index is 0.00201. The summed E-state index contributed by atoms with van der Waals surface area (Å²) in [6.07, 6.45) is 3.30. The second-order valence-electron chi connectivity index (χ2n) is 7.62. The highest BCUT2D eigenvalue weighted by Crippen LogP contribution is 2.39. The molecule has 3 saturated heterocycles. The average Bonchev–Trinajstić information content (AvgIpc) is 3.04. The number of carbonyl (C=O) groups is 2. The summed E-state index contributed by atoms with van der Waals surface area (Å²) in [4.78, 5) is 40.0. The van der Waals surface area contributed by atoms with Gasteiger partial charge in [-0.3, -0.25) is 9.69 Å². The molecule has 4 heterocycles. The molecule has 1 atom stereocenters. The topological polar surface area (TPSA) is 69.6 Å². The molecule has 1 unspecified atom stereocenters. The van der Waals surface area contributed by atoms with Crippen molar-refractivity contribution in [3.05, 3.63) is 17.6 Å². The molecule has 3 aliphatic rings. The number of fused-ring (bicyclic) bond motifs is 1. The zero-order valence-corrected chi connectivity index (χ0v) is 15.2. The van der Waals surface area contributed by atoms with Crippen LogP contribution in [0.25, 0.3) is 0 Å². The lowest BCUT2D eigenvalue weighted by Crippen LogP contribution is -2.49. The number of rotatable bonds is 2. The Bertz CT molecular complexity index is 708. The maximum Gasteiger partial charge on any atom is 0.327 e. The van der Waals surface area contributed by atoms with Crippen LogP contribution in [0, 0.1) is 13.8 Å². The minimum Gasteiger partial charge on any atom is -0.356 e. The minimum atomic E-state index is -0.602. The lowest BCUT2D eigenvalue weighted by atomic mass is 9.97. The summed E-state index contributed by atoms with van der Waals surface area (Å²) in [6.45, 7) is 8.10. The number of amides is 3. The van der Waals surface area contributed by atoms with Crippen molar-refractivity contribution >= 4 is 17.8 Å². The molecular formula is C18H25N5O2. The summed E-state index contributed by atoms with van der Waals surface area (Å²) >= 11 is 0. The predicted molar refractivity (Wildman–Crippen MR) is 93.3 cm³/mol. The molecular weight excluding hydrogens is 318 g/mol. The van der Waals surface area contributed by atoms with E-state index in [4.69, 9.17) is 0 Å². The van der Waals surface area contributed by atoms with E-state index in [2.05, 4.69) is 14.9 Å². The Balaban J connectivity index is 1.47. The van der Waals surface area contributed by atoms with Gasteiger partial charge in [0.05, 0.1) is 0 Å². The summed E-state index contributed by atoms with van der Waals surface area (Å²) in [6, 6.07) is 1.91. The molecule has 25 heavy (non-hydrogen) atoms. The normalized spacial score (nSPS) is 27.4. The first-order chi connectivity index (χ1) is 11.9. The molecule has 0 N–H and O–H groups in total. The highest BCUT2D eigenvalue weighted by Gasteiger charge is 2.58. The number of imide groups is 1. The summed E-state index contributed by atoms with van der Waals surface area (Å²) < 4.78 is 0. The van der Waals surface area contributed by atoms with Gasteiger partial charge in [0.15, 0.2) is 0 Å². The summed E-state index contributed by atoms with van der Waals surface area (Å²) in [5.41, 5.74) is 0.359. The Labute approximate surface area is 148 Å². The smallest absolute Gasteiger partial charge is 0.327 e. The number of aryl methyl sites for hydroxylation is 2. The SMILES string of the molecule is Cc1cc(N2CCC(N3C(=O)N4CCCC4(C)C3=O)CC2)nc(C)n1. The number of hydrogen-bond donors (Lipinski definition) is 0. The third kappa shape index (κ3) is 2.48. The van der Waals surface area contributed by atoms with Crippen molar-refractivity contribution in [3.8, 4) is 0 Å². The summed E-state index contributed by atoms with van der Waals surface area (Å²) in [5, 5.41) is 0. The van der Waals surface area contributed by atoms with E-state index in [9.17, 15) is 9.59 Å². The summed E-state index contributed by atoms with van der Waals surface area (Å²) in [7, 11) is 0. The molecule has 3 aliphatic heterocycles. The largest absolute Gasteiger partial charge is 0.356 e. The average molecular weight is 343 g/mol. The molecule has 4 rings (SSSR count). The number of urea groups is 1. The van der Waals surface area contributed by atoms with Crippen LogP contribution in [0.1, 0.15) is 44.1 Å². The van der Waals surface area contributed by atoms with Crippen LogP contribution in [0.5, 0.6) is 0 Å². The van der Waals surface area contributed by atoms with Crippen LogP contribution in [-0.4, -0.2) is 62.9 Å². The lowest BCUT2D eigenvalue weighted by molar-refractivity contribution is -0.133. The first-order valence-electron chi connectivity index (χ1n) is 9.12. The van der Waals surface area contributed by atoms with Gasteiger partial charge in [0, 0.05) is 37.4 Å². The monoisotopic (exact) mass is 343 g/mol. The van der Waals surface area contributed by atoms with Crippen molar-refractivity contribution in [3.63, 3.8) is 0 Å². The zero-order valence-electron chi connectivity index (χ0n) is 15.2. The number of anilines is 1. The zero-order chi connectivity index (χ0) is 17.8. The number of aromatic nitrogens is 2. The van der Waals surface area contributed by atoms with Crippen molar-refractivity contribution in [2.24, 2.45) is 0 Å². The van der Waals surface area contributed by atoms with Gasteiger partial charge in [-0.05, 0) is 46.5 Å². The van der Waals surface area contributed by atoms with E-state index in [0.29, 0.717) is 6.54 Å². The molecule has 134 valence electrons. The Morgan fingerprint density at radius 3 is 2.48 bits per heavy atom. The lowest BCUT2D eigenvalue weighted by Gasteiger charge is -2.36. The Morgan fingerprint density at radius 1 is 1.12 bits per heavy atom. The second-order valence-corrected chi connectivity index (χ2v) is 7.62. The standard InChI is InChI=1S/C18H25N5O2/c1-12-11-15(20-13(2)19-12)21-9-5-14(6-10-21)23-16(24)18(3)7-4-8-22(18)17(23)25/h11,14H,4-10H2,1-3H3. The first-order valence-corrected chi connectivity index (χ1v) is 9.12. The van der Waals surface area contributed by atoms with Gasteiger partial charge in [0.2, 0.25) is 0 Å². The quantitative estimate of drug-likeness (QED) is 0.767. The van der Waals surface area contributed by atoms with E-state index in [1.807, 2.05) is 26.8 Å².